The van der Waals surface area contributed by atoms with Crippen molar-refractivity contribution in [1.29, 1.82) is 0 Å². The van der Waals surface area contributed by atoms with Crippen LogP contribution in [0.2, 0.25) is 0 Å². The van der Waals surface area contributed by atoms with E-state index in [4.69, 9.17) is 0 Å². The molecular formula is C13H17BrF3NO3S2. The summed E-state index contributed by atoms with van der Waals surface area (Å²) in [5.41, 5.74) is 0. The predicted octanol–water partition coefficient (Wildman–Crippen LogP) is 4.16. The second-order valence-corrected chi connectivity index (χ2v) is 10.1. The molecule has 0 bridgehead atoms. The smallest absolute Gasteiger partial charge is 0.404 e. The number of rotatable bonds is 6. The first-order chi connectivity index (χ1) is 10.3. The lowest BCUT2D eigenvalue weighted by Crippen LogP contribution is -2.28. The number of ether oxygens (including phenoxy) is 1. The van der Waals surface area contributed by atoms with E-state index in [1.165, 1.54) is 6.07 Å². The summed E-state index contributed by atoms with van der Waals surface area (Å²) in [6, 6.07) is 3.36. The third-order valence-corrected chi connectivity index (χ3v) is 5.62. The van der Waals surface area contributed by atoms with Gasteiger partial charge in [0.2, 0.25) is 10.0 Å². The molecule has 0 saturated heterocycles. The minimum Gasteiger partial charge on any atom is -0.404 e. The van der Waals surface area contributed by atoms with Crippen LogP contribution in [0.25, 0.3) is 0 Å². The second-order valence-electron chi connectivity index (χ2n) is 5.50. The Morgan fingerprint density at radius 1 is 1.26 bits per heavy atom. The van der Waals surface area contributed by atoms with Crippen LogP contribution >= 0.6 is 27.7 Å². The topological polar surface area (TPSA) is 55.4 Å². The van der Waals surface area contributed by atoms with Gasteiger partial charge in [0.05, 0.1) is 0 Å². The Kier molecular flexibility index (Phi) is 6.83. The minimum absolute atomic E-state index is 0.0341. The van der Waals surface area contributed by atoms with E-state index < -0.39 is 27.0 Å². The summed E-state index contributed by atoms with van der Waals surface area (Å²) < 4.78 is 68.0. The number of nitrogens with one attached hydrogen (secondary N) is 1. The van der Waals surface area contributed by atoms with Gasteiger partial charge in [0, 0.05) is 21.5 Å². The standard InChI is InChI=1S/C13H17BrF3NO3S2/c1-12(2,3)22-7-6-18-23(19,20)11-5-4-9(14)8-10(11)21-13(15,16)17/h4-5,8,18H,6-7H2,1-3H3. The molecule has 0 heterocycles. The number of hydrogen-bond donors (Lipinski definition) is 1. The zero-order valence-corrected chi connectivity index (χ0v) is 15.9. The normalized spacial score (nSPS) is 13.2. The maximum absolute atomic E-state index is 12.4. The average Bonchev–Trinajstić information content (AvgIpc) is 2.31. The predicted molar refractivity (Wildman–Crippen MR) is 88.2 cm³/mol. The van der Waals surface area contributed by atoms with Crippen LogP contribution in [0.4, 0.5) is 13.2 Å². The number of benzene rings is 1. The summed E-state index contributed by atoms with van der Waals surface area (Å²) in [6.07, 6.45) is -4.98. The summed E-state index contributed by atoms with van der Waals surface area (Å²) in [4.78, 5) is -0.557. The SMILES string of the molecule is CC(C)(C)SCCNS(=O)(=O)c1ccc(Br)cc1OC(F)(F)F. The van der Waals surface area contributed by atoms with Gasteiger partial charge in [0.1, 0.15) is 4.90 Å². The lowest BCUT2D eigenvalue weighted by Gasteiger charge is -2.18. The summed E-state index contributed by atoms with van der Waals surface area (Å²) in [6.45, 7) is 6.05. The van der Waals surface area contributed by atoms with Gasteiger partial charge in [0.15, 0.2) is 5.75 Å². The molecule has 1 aromatic rings. The quantitative estimate of drug-likeness (QED) is 0.681. The molecule has 0 atom stereocenters. The number of hydrogen-bond acceptors (Lipinski definition) is 4. The molecule has 1 aromatic carbocycles. The van der Waals surface area contributed by atoms with Crippen molar-refractivity contribution in [2.45, 2.75) is 36.8 Å². The summed E-state index contributed by atoms with van der Waals surface area (Å²) in [7, 11) is -4.11. The Balaban J connectivity index is 2.91. The third-order valence-electron chi connectivity index (χ3n) is 2.35. The van der Waals surface area contributed by atoms with E-state index >= 15 is 0 Å². The van der Waals surface area contributed by atoms with Crippen molar-refractivity contribution in [2.24, 2.45) is 0 Å². The van der Waals surface area contributed by atoms with Gasteiger partial charge < -0.3 is 4.74 Å². The Morgan fingerprint density at radius 3 is 2.39 bits per heavy atom. The van der Waals surface area contributed by atoms with Gasteiger partial charge in [-0.05, 0) is 18.2 Å². The molecule has 0 aliphatic carbocycles. The third kappa shape index (κ3) is 7.77. The fourth-order valence-corrected chi connectivity index (χ4v) is 3.94. The lowest BCUT2D eigenvalue weighted by molar-refractivity contribution is -0.275. The Hall–Kier alpha value is -0.450. The van der Waals surface area contributed by atoms with Crippen LogP contribution in [-0.2, 0) is 10.0 Å². The molecule has 23 heavy (non-hydrogen) atoms. The van der Waals surface area contributed by atoms with E-state index in [9.17, 15) is 21.6 Å². The highest BCUT2D eigenvalue weighted by Gasteiger charge is 2.34. The van der Waals surface area contributed by atoms with Crippen LogP contribution in [0.15, 0.2) is 27.6 Å². The second kappa shape index (κ2) is 7.62. The van der Waals surface area contributed by atoms with Crippen LogP contribution in [-0.4, -0.2) is 31.8 Å². The molecule has 0 amide bonds. The molecule has 0 fully saturated rings. The summed E-state index contributed by atoms with van der Waals surface area (Å²) >= 11 is 4.53. The Bertz CT molecular complexity index is 643. The molecule has 1 rings (SSSR count). The monoisotopic (exact) mass is 435 g/mol. The van der Waals surface area contributed by atoms with E-state index in [1.54, 1.807) is 11.8 Å². The van der Waals surface area contributed by atoms with Gasteiger partial charge in [0.25, 0.3) is 0 Å². The number of alkyl halides is 3. The molecule has 0 unspecified atom stereocenters. The van der Waals surface area contributed by atoms with Gasteiger partial charge in [-0.15, -0.1) is 13.2 Å². The molecule has 4 nitrogen and oxygen atoms in total. The summed E-state index contributed by atoms with van der Waals surface area (Å²) in [5, 5.41) is 0. The first kappa shape index (κ1) is 20.6. The van der Waals surface area contributed by atoms with Gasteiger partial charge in [-0.25, -0.2) is 13.1 Å². The maximum Gasteiger partial charge on any atom is 0.573 e. The first-order valence-corrected chi connectivity index (χ1v) is 9.75. The zero-order chi connectivity index (χ0) is 17.9. The molecule has 132 valence electrons. The van der Waals surface area contributed by atoms with Gasteiger partial charge in [-0.3, -0.25) is 0 Å². The van der Waals surface area contributed by atoms with E-state index in [0.29, 0.717) is 5.75 Å². The van der Waals surface area contributed by atoms with Gasteiger partial charge in [-0.1, -0.05) is 36.7 Å². The van der Waals surface area contributed by atoms with E-state index in [1.807, 2.05) is 20.8 Å². The number of sulfonamides is 1. The zero-order valence-electron chi connectivity index (χ0n) is 12.7. The fraction of sp³-hybridized carbons (Fsp3) is 0.538. The van der Waals surface area contributed by atoms with Crippen LogP contribution in [0.1, 0.15) is 20.8 Å². The molecule has 0 saturated carbocycles. The molecule has 0 spiro atoms. The average molecular weight is 436 g/mol. The van der Waals surface area contributed by atoms with Crippen molar-refractivity contribution < 1.29 is 26.3 Å². The van der Waals surface area contributed by atoms with Crippen molar-refractivity contribution in [2.75, 3.05) is 12.3 Å². The van der Waals surface area contributed by atoms with Crippen molar-refractivity contribution in [3.05, 3.63) is 22.7 Å². The van der Waals surface area contributed by atoms with Crippen molar-refractivity contribution in [3.8, 4) is 5.75 Å². The number of thioether (sulfide) groups is 1. The lowest BCUT2D eigenvalue weighted by atomic mass is 10.3. The van der Waals surface area contributed by atoms with Crippen LogP contribution in [0, 0.1) is 0 Å². The van der Waals surface area contributed by atoms with E-state index in [-0.39, 0.29) is 15.8 Å². The summed E-state index contributed by atoms with van der Waals surface area (Å²) in [5.74, 6) is -0.280. The molecule has 0 aromatic heterocycles. The molecule has 10 heteroatoms. The van der Waals surface area contributed by atoms with E-state index in [2.05, 4.69) is 25.4 Å². The maximum atomic E-state index is 12.4. The van der Waals surface area contributed by atoms with E-state index in [0.717, 1.165) is 12.1 Å². The van der Waals surface area contributed by atoms with Gasteiger partial charge >= 0.3 is 6.36 Å². The van der Waals surface area contributed by atoms with Crippen molar-refractivity contribution >= 4 is 37.7 Å². The molecule has 0 aliphatic heterocycles. The molecule has 1 N–H and O–H groups in total. The Morgan fingerprint density at radius 2 is 1.87 bits per heavy atom. The van der Waals surface area contributed by atoms with Gasteiger partial charge in [-0.2, -0.15) is 11.8 Å². The highest BCUT2D eigenvalue weighted by molar-refractivity contribution is 9.10. The Labute approximate surface area is 146 Å². The van der Waals surface area contributed by atoms with Crippen LogP contribution in [0.5, 0.6) is 5.75 Å². The van der Waals surface area contributed by atoms with Crippen molar-refractivity contribution in [1.82, 2.24) is 4.72 Å². The number of halogens is 4. The minimum atomic E-state index is -4.98. The largest absolute Gasteiger partial charge is 0.573 e. The molecule has 0 radical (unpaired) electrons. The highest BCUT2D eigenvalue weighted by atomic mass is 79.9. The van der Waals surface area contributed by atoms with Crippen LogP contribution in [0.3, 0.4) is 0 Å². The molecule has 0 aliphatic rings. The molecular weight excluding hydrogens is 419 g/mol. The van der Waals surface area contributed by atoms with Crippen molar-refractivity contribution in [3.63, 3.8) is 0 Å². The highest BCUT2D eigenvalue weighted by Crippen LogP contribution is 2.32. The first-order valence-electron chi connectivity index (χ1n) is 6.49. The fourth-order valence-electron chi connectivity index (χ4n) is 1.52. The van der Waals surface area contributed by atoms with Crippen LogP contribution < -0.4 is 9.46 Å².